The van der Waals surface area contributed by atoms with Gasteiger partial charge in [-0.3, -0.25) is 9.52 Å². The van der Waals surface area contributed by atoms with Gasteiger partial charge in [-0.15, -0.1) is 0 Å². The van der Waals surface area contributed by atoms with Gasteiger partial charge in [-0.05, 0) is 62.2 Å². The highest BCUT2D eigenvalue weighted by molar-refractivity contribution is 7.92. The molecule has 1 amide bonds. The molecule has 0 aromatic heterocycles. The van der Waals surface area contributed by atoms with Crippen LogP contribution in [-0.4, -0.2) is 20.4 Å². The zero-order valence-corrected chi connectivity index (χ0v) is 15.9. The number of benzene rings is 2. The maximum absolute atomic E-state index is 12.5. The number of carbonyl (C=O) groups is 1. The summed E-state index contributed by atoms with van der Waals surface area (Å²) in [7, 11) is -3.76. The van der Waals surface area contributed by atoms with Gasteiger partial charge in [0.2, 0.25) is 0 Å². The molecule has 2 aromatic rings. The van der Waals surface area contributed by atoms with Crippen molar-refractivity contribution >= 4 is 33.2 Å². The molecular formula is C18H21ClN2O3S. The molecule has 0 spiro atoms. The van der Waals surface area contributed by atoms with Gasteiger partial charge in [0.05, 0.1) is 10.6 Å². The van der Waals surface area contributed by atoms with Gasteiger partial charge in [0.25, 0.3) is 15.9 Å². The molecule has 0 aliphatic carbocycles. The van der Waals surface area contributed by atoms with E-state index in [9.17, 15) is 13.2 Å². The first-order valence-corrected chi connectivity index (χ1v) is 9.79. The first-order chi connectivity index (χ1) is 11.7. The Bertz CT molecular complexity index is 864. The standard InChI is InChI=1S/C18H21ClN2O3S/c1-4-13(3)20-18(22)14-6-5-12(2)17(11-14)21-25(23,24)16-9-7-15(19)8-10-16/h5-11,13,21H,4H2,1-3H3,(H,20,22)/t13-/m1/s1. The molecule has 2 aromatic carbocycles. The van der Waals surface area contributed by atoms with Crippen LogP contribution in [0.25, 0.3) is 0 Å². The molecule has 0 heterocycles. The molecule has 134 valence electrons. The summed E-state index contributed by atoms with van der Waals surface area (Å²) in [6, 6.07) is 10.9. The lowest BCUT2D eigenvalue weighted by molar-refractivity contribution is 0.0939. The minimum absolute atomic E-state index is 0.0445. The number of nitrogens with one attached hydrogen (secondary N) is 2. The number of rotatable bonds is 6. The maximum Gasteiger partial charge on any atom is 0.261 e. The molecule has 0 fully saturated rings. The first-order valence-electron chi connectivity index (χ1n) is 7.93. The van der Waals surface area contributed by atoms with Crippen molar-refractivity contribution in [2.24, 2.45) is 0 Å². The molecule has 7 heteroatoms. The second kappa shape index (κ2) is 7.89. The molecule has 0 radical (unpaired) electrons. The lowest BCUT2D eigenvalue weighted by Gasteiger charge is -2.14. The molecule has 0 aliphatic heterocycles. The van der Waals surface area contributed by atoms with Crippen molar-refractivity contribution in [2.75, 3.05) is 4.72 Å². The Hall–Kier alpha value is -2.05. The molecular weight excluding hydrogens is 360 g/mol. The van der Waals surface area contributed by atoms with E-state index in [0.717, 1.165) is 12.0 Å². The number of sulfonamides is 1. The van der Waals surface area contributed by atoms with Crippen LogP contribution in [0.1, 0.15) is 36.2 Å². The van der Waals surface area contributed by atoms with E-state index in [2.05, 4.69) is 10.0 Å². The monoisotopic (exact) mass is 380 g/mol. The lowest BCUT2D eigenvalue weighted by atomic mass is 10.1. The quantitative estimate of drug-likeness (QED) is 0.795. The summed E-state index contributed by atoms with van der Waals surface area (Å²) in [4.78, 5) is 12.4. The summed E-state index contributed by atoms with van der Waals surface area (Å²) in [5.41, 5.74) is 1.49. The van der Waals surface area contributed by atoms with E-state index < -0.39 is 10.0 Å². The van der Waals surface area contributed by atoms with Crippen molar-refractivity contribution in [3.05, 3.63) is 58.6 Å². The summed E-state index contributed by atoms with van der Waals surface area (Å²) in [6.07, 6.45) is 0.813. The molecule has 0 bridgehead atoms. The number of anilines is 1. The highest BCUT2D eigenvalue weighted by atomic mass is 35.5. The summed E-state index contributed by atoms with van der Waals surface area (Å²) in [5.74, 6) is -0.235. The van der Waals surface area contributed by atoms with Gasteiger partial charge in [0.1, 0.15) is 0 Å². The highest BCUT2D eigenvalue weighted by Gasteiger charge is 2.17. The third-order valence-corrected chi connectivity index (χ3v) is 5.49. The summed E-state index contributed by atoms with van der Waals surface area (Å²) in [5, 5.41) is 3.32. The molecule has 5 nitrogen and oxygen atoms in total. The van der Waals surface area contributed by atoms with E-state index in [0.29, 0.717) is 16.3 Å². The normalized spacial score (nSPS) is 12.5. The Morgan fingerprint density at radius 1 is 1.16 bits per heavy atom. The summed E-state index contributed by atoms with van der Waals surface area (Å²) < 4.78 is 27.6. The average molecular weight is 381 g/mol. The molecule has 2 rings (SSSR count). The van der Waals surface area contributed by atoms with E-state index in [1.807, 2.05) is 13.8 Å². The van der Waals surface area contributed by atoms with Gasteiger partial charge in [-0.25, -0.2) is 8.42 Å². The van der Waals surface area contributed by atoms with Crippen molar-refractivity contribution in [1.82, 2.24) is 5.32 Å². The number of aryl methyl sites for hydroxylation is 1. The Balaban J connectivity index is 2.28. The van der Waals surface area contributed by atoms with Gasteiger partial charge >= 0.3 is 0 Å². The summed E-state index contributed by atoms with van der Waals surface area (Å²) in [6.45, 7) is 5.66. The fraction of sp³-hybridized carbons (Fsp3) is 0.278. The Morgan fingerprint density at radius 3 is 2.40 bits per heavy atom. The van der Waals surface area contributed by atoms with E-state index in [-0.39, 0.29) is 16.8 Å². The van der Waals surface area contributed by atoms with E-state index in [1.54, 1.807) is 25.1 Å². The maximum atomic E-state index is 12.5. The van der Waals surface area contributed by atoms with Crippen LogP contribution in [0.15, 0.2) is 47.4 Å². The molecule has 0 unspecified atom stereocenters. The van der Waals surface area contributed by atoms with Crippen molar-refractivity contribution in [2.45, 2.75) is 38.1 Å². The van der Waals surface area contributed by atoms with Gasteiger partial charge < -0.3 is 5.32 Å². The first kappa shape index (κ1) is 19.3. The fourth-order valence-corrected chi connectivity index (χ4v) is 3.35. The smallest absolute Gasteiger partial charge is 0.261 e. The molecule has 0 aliphatic rings. The van der Waals surface area contributed by atoms with Gasteiger partial charge in [-0.1, -0.05) is 24.6 Å². The molecule has 2 N–H and O–H groups in total. The van der Waals surface area contributed by atoms with Crippen molar-refractivity contribution < 1.29 is 13.2 Å². The van der Waals surface area contributed by atoms with Crippen molar-refractivity contribution in [3.8, 4) is 0 Å². The van der Waals surface area contributed by atoms with Crippen LogP contribution in [-0.2, 0) is 10.0 Å². The second-order valence-electron chi connectivity index (χ2n) is 5.87. The zero-order valence-electron chi connectivity index (χ0n) is 14.3. The number of carbonyl (C=O) groups excluding carboxylic acids is 1. The Kier molecular flexibility index (Phi) is 6.08. The summed E-state index contributed by atoms with van der Waals surface area (Å²) >= 11 is 5.80. The van der Waals surface area contributed by atoms with Crippen LogP contribution < -0.4 is 10.0 Å². The predicted octanol–water partition coefficient (Wildman–Crippen LogP) is 3.98. The van der Waals surface area contributed by atoms with Crippen molar-refractivity contribution in [1.29, 1.82) is 0 Å². The minimum atomic E-state index is -3.76. The SMILES string of the molecule is CC[C@@H](C)NC(=O)c1ccc(C)c(NS(=O)(=O)c2ccc(Cl)cc2)c1. The molecule has 0 saturated heterocycles. The van der Waals surface area contributed by atoms with Crippen LogP contribution in [0.5, 0.6) is 0 Å². The topological polar surface area (TPSA) is 75.3 Å². The number of amides is 1. The third-order valence-electron chi connectivity index (χ3n) is 3.86. The van der Waals surface area contributed by atoms with Gasteiger partial charge in [0.15, 0.2) is 0 Å². The zero-order chi connectivity index (χ0) is 18.6. The van der Waals surface area contributed by atoms with Crippen molar-refractivity contribution in [3.63, 3.8) is 0 Å². The third kappa shape index (κ3) is 4.96. The van der Waals surface area contributed by atoms with Crippen LogP contribution in [0.4, 0.5) is 5.69 Å². The number of halogens is 1. The Morgan fingerprint density at radius 2 is 1.80 bits per heavy atom. The predicted molar refractivity (Wildman–Crippen MR) is 101 cm³/mol. The molecule has 1 atom stereocenters. The molecule has 25 heavy (non-hydrogen) atoms. The fourth-order valence-electron chi connectivity index (χ4n) is 2.10. The highest BCUT2D eigenvalue weighted by Crippen LogP contribution is 2.22. The van der Waals surface area contributed by atoms with Gasteiger partial charge in [0, 0.05) is 16.6 Å². The van der Waals surface area contributed by atoms with Crippen LogP contribution >= 0.6 is 11.6 Å². The van der Waals surface area contributed by atoms with Crippen LogP contribution in [0.3, 0.4) is 0 Å². The molecule has 0 saturated carbocycles. The van der Waals surface area contributed by atoms with Crippen LogP contribution in [0.2, 0.25) is 5.02 Å². The van der Waals surface area contributed by atoms with E-state index in [1.165, 1.54) is 24.3 Å². The Labute approximate surface area is 153 Å². The lowest BCUT2D eigenvalue weighted by Crippen LogP contribution is -2.32. The van der Waals surface area contributed by atoms with Crippen LogP contribution in [0, 0.1) is 6.92 Å². The van der Waals surface area contributed by atoms with E-state index in [4.69, 9.17) is 11.6 Å². The number of hydrogen-bond acceptors (Lipinski definition) is 3. The van der Waals surface area contributed by atoms with E-state index >= 15 is 0 Å². The largest absolute Gasteiger partial charge is 0.350 e. The average Bonchev–Trinajstić information content (AvgIpc) is 2.56. The number of hydrogen-bond donors (Lipinski definition) is 2. The van der Waals surface area contributed by atoms with Gasteiger partial charge in [-0.2, -0.15) is 0 Å². The minimum Gasteiger partial charge on any atom is -0.350 e. The second-order valence-corrected chi connectivity index (χ2v) is 7.99.